The summed E-state index contributed by atoms with van der Waals surface area (Å²) >= 11 is 0. The molecule has 0 saturated heterocycles. The highest BCUT2D eigenvalue weighted by Crippen LogP contribution is 2.38. The van der Waals surface area contributed by atoms with Crippen LogP contribution in [-0.2, 0) is 5.60 Å². The second-order valence-electron chi connectivity index (χ2n) is 7.24. The summed E-state index contributed by atoms with van der Waals surface area (Å²) in [5, 5.41) is 11.9. The van der Waals surface area contributed by atoms with Crippen molar-refractivity contribution in [1.29, 1.82) is 0 Å². The Morgan fingerprint density at radius 3 is 1.70 bits per heavy atom. The summed E-state index contributed by atoms with van der Waals surface area (Å²) < 4.78 is 5.28. The lowest BCUT2D eigenvalue weighted by atomic mass is 9.79. The molecule has 1 N–H and O–H groups in total. The molecule has 2 unspecified atom stereocenters. The number of methoxy groups -OCH3 is 1. The minimum Gasteiger partial charge on any atom is -0.497 e. The van der Waals surface area contributed by atoms with Crippen LogP contribution in [0, 0.1) is 6.92 Å². The number of rotatable bonds is 6. The summed E-state index contributed by atoms with van der Waals surface area (Å²) in [5.74, 6) is 1.28. The molecule has 140 valence electrons. The first kappa shape index (κ1) is 19.2. The Hall–Kier alpha value is -2.58. The van der Waals surface area contributed by atoms with Crippen molar-refractivity contribution < 1.29 is 9.84 Å². The van der Waals surface area contributed by atoms with Crippen molar-refractivity contribution >= 4 is 0 Å². The first-order chi connectivity index (χ1) is 13.0. The van der Waals surface area contributed by atoms with Crippen LogP contribution in [0.5, 0.6) is 5.75 Å². The van der Waals surface area contributed by atoms with E-state index in [1.807, 2.05) is 60.7 Å². The molecule has 2 atom stereocenters. The largest absolute Gasteiger partial charge is 0.497 e. The number of hydrogen-bond acceptors (Lipinski definition) is 2. The molecule has 0 aliphatic heterocycles. The Balaban J connectivity index is 2.13. The van der Waals surface area contributed by atoms with E-state index in [2.05, 4.69) is 32.9 Å². The molecule has 27 heavy (non-hydrogen) atoms. The molecule has 0 aliphatic carbocycles. The zero-order valence-corrected chi connectivity index (χ0v) is 16.6. The van der Waals surface area contributed by atoms with Gasteiger partial charge in [-0.15, -0.1) is 0 Å². The molecule has 3 aromatic carbocycles. The van der Waals surface area contributed by atoms with E-state index in [9.17, 15) is 5.11 Å². The highest BCUT2D eigenvalue weighted by Gasteiger charge is 2.33. The molecule has 3 rings (SSSR count). The first-order valence-corrected chi connectivity index (χ1v) is 9.53. The maximum absolute atomic E-state index is 11.9. The van der Waals surface area contributed by atoms with Gasteiger partial charge in [-0.2, -0.15) is 0 Å². The fourth-order valence-electron chi connectivity index (χ4n) is 3.42. The summed E-state index contributed by atoms with van der Waals surface area (Å²) in [6.07, 6.45) is 1.10. The maximum atomic E-state index is 11.9. The van der Waals surface area contributed by atoms with Crippen molar-refractivity contribution in [3.63, 3.8) is 0 Å². The summed E-state index contributed by atoms with van der Waals surface area (Å²) in [5.41, 5.74) is 3.79. The van der Waals surface area contributed by atoms with Crippen molar-refractivity contribution in [2.75, 3.05) is 7.11 Å². The van der Waals surface area contributed by atoms with E-state index in [4.69, 9.17) is 4.74 Å². The fraction of sp³-hybridized carbons (Fsp3) is 0.280. The predicted octanol–water partition coefficient (Wildman–Crippen LogP) is 5.80. The lowest BCUT2D eigenvalue weighted by molar-refractivity contribution is 0.125. The van der Waals surface area contributed by atoms with Gasteiger partial charge in [-0.3, -0.25) is 0 Å². The standard InChI is InChI=1S/C25H28O2/c1-5-19(3)20-8-12-22(13-9-20)25(26,21-10-6-18(2)7-11-21)23-14-16-24(27-4)17-15-23/h6-17,19,26H,5H2,1-4H3. The van der Waals surface area contributed by atoms with Crippen molar-refractivity contribution in [2.45, 2.75) is 38.7 Å². The topological polar surface area (TPSA) is 29.5 Å². The van der Waals surface area contributed by atoms with Gasteiger partial charge >= 0.3 is 0 Å². The third kappa shape index (κ3) is 3.77. The van der Waals surface area contributed by atoms with E-state index >= 15 is 0 Å². The van der Waals surface area contributed by atoms with Crippen molar-refractivity contribution in [3.05, 3.63) is 101 Å². The average Bonchev–Trinajstić information content (AvgIpc) is 2.73. The highest BCUT2D eigenvalue weighted by molar-refractivity contribution is 5.49. The van der Waals surface area contributed by atoms with Gasteiger partial charge in [-0.25, -0.2) is 0 Å². The molecule has 0 saturated carbocycles. The van der Waals surface area contributed by atoms with Gasteiger partial charge in [0.05, 0.1) is 7.11 Å². The Kier molecular flexibility index (Phi) is 5.67. The molecule has 0 heterocycles. The molecular weight excluding hydrogens is 332 g/mol. The molecule has 0 bridgehead atoms. The second-order valence-corrected chi connectivity index (χ2v) is 7.24. The SMILES string of the molecule is CCC(C)c1ccc(C(O)(c2ccc(C)cc2)c2ccc(OC)cc2)cc1. The summed E-state index contributed by atoms with van der Waals surface area (Å²) in [7, 11) is 1.65. The van der Waals surface area contributed by atoms with Crippen LogP contribution < -0.4 is 4.74 Å². The summed E-state index contributed by atoms with van der Waals surface area (Å²) in [4.78, 5) is 0. The van der Waals surface area contributed by atoms with Crippen LogP contribution in [0.1, 0.15) is 54.0 Å². The van der Waals surface area contributed by atoms with Gasteiger partial charge in [0.2, 0.25) is 0 Å². The van der Waals surface area contributed by atoms with Gasteiger partial charge in [0.1, 0.15) is 11.4 Å². The van der Waals surface area contributed by atoms with Crippen LogP contribution in [0.2, 0.25) is 0 Å². The quantitative estimate of drug-likeness (QED) is 0.563. The zero-order valence-electron chi connectivity index (χ0n) is 16.6. The van der Waals surface area contributed by atoms with Crippen LogP contribution >= 0.6 is 0 Å². The molecule has 2 heteroatoms. The second kappa shape index (κ2) is 7.98. The average molecular weight is 360 g/mol. The smallest absolute Gasteiger partial charge is 0.140 e. The van der Waals surface area contributed by atoms with E-state index in [-0.39, 0.29) is 0 Å². The Morgan fingerprint density at radius 2 is 1.26 bits per heavy atom. The van der Waals surface area contributed by atoms with Gasteiger partial charge in [-0.05, 0) is 53.6 Å². The molecule has 0 radical (unpaired) electrons. The minimum atomic E-state index is -1.21. The van der Waals surface area contributed by atoms with Gasteiger partial charge in [0.25, 0.3) is 0 Å². The highest BCUT2D eigenvalue weighted by atomic mass is 16.5. The van der Waals surface area contributed by atoms with Crippen molar-refractivity contribution in [2.24, 2.45) is 0 Å². The third-order valence-electron chi connectivity index (χ3n) is 5.49. The van der Waals surface area contributed by atoms with Gasteiger partial charge < -0.3 is 9.84 Å². The molecule has 3 aromatic rings. The zero-order chi connectivity index (χ0) is 19.4. The summed E-state index contributed by atoms with van der Waals surface area (Å²) in [6.45, 7) is 6.47. The van der Waals surface area contributed by atoms with Crippen molar-refractivity contribution in [3.8, 4) is 5.75 Å². The van der Waals surface area contributed by atoms with E-state index in [0.717, 1.165) is 28.9 Å². The predicted molar refractivity (Wildman–Crippen MR) is 111 cm³/mol. The van der Waals surface area contributed by atoms with E-state index in [0.29, 0.717) is 5.92 Å². The number of benzene rings is 3. The monoisotopic (exact) mass is 360 g/mol. The normalized spacial score (nSPS) is 14.4. The number of aliphatic hydroxyl groups is 1. The first-order valence-electron chi connectivity index (χ1n) is 9.53. The van der Waals surface area contributed by atoms with Crippen LogP contribution in [-0.4, -0.2) is 12.2 Å². The summed E-state index contributed by atoms with van der Waals surface area (Å²) in [6, 6.07) is 24.1. The van der Waals surface area contributed by atoms with Gasteiger partial charge in [-0.1, -0.05) is 80.1 Å². The fourth-order valence-corrected chi connectivity index (χ4v) is 3.42. The van der Waals surface area contributed by atoms with Crippen LogP contribution in [0.3, 0.4) is 0 Å². The minimum absolute atomic E-state index is 0.507. The number of aryl methyl sites for hydroxylation is 1. The molecule has 2 nitrogen and oxygen atoms in total. The molecule has 0 spiro atoms. The van der Waals surface area contributed by atoms with Gasteiger partial charge in [0, 0.05) is 0 Å². The number of ether oxygens (including phenoxy) is 1. The van der Waals surface area contributed by atoms with Crippen molar-refractivity contribution in [1.82, 2.24) is 0 Å². The lowest BCUT2D eigenvalue weighted by Gasteiger charge is -2.31. The van der Waals surface area contributed by atoms with Crippen LogP contribution in [0.25, 0.3) is 0 Å². The van der Waals surface area contributed by atoms with Crippen LogP contribution in [0.4, 0.5) is 0 Å². The Labute approximate surface area is 162 Å². The Bertz CT molecular complexity index is 864. The number of hydrogen-bond donors (Lipinski definition) is 1. The molecular formula is C25H28O2. The molecule has 0 fully saturated rings. The third-order valence-corrected chi connectivity index (χ3v) is 5.49. The maximum Gasteiger partial charge on any atom is 0.140 e. The van der Waals surface area contributed by atoms with Gasteiger partial charge in [0.15, 0.2) is 0 Å². The molecule has 0 aromatic heterocycles. The Morgan fingerprint density at radius 1 is 0.815 bits per heavy atom. The molecule has 0 amide bonds. The lowest BCUT2D eigenvalue weighted by Crippen LogP contribution is -2.28. The van der Waals surface area contributed by atoms with E-state index in [1.165, 1.54) is 11.1 Å². The van der Waals surface area contributed by atoms with E-state index in [1.54, 1.807) is 7.11 Å². The van der Waals surface area contributed by atoms with E-state index < -0.39 is 5.60 Å². The molecule has 0 aliphatic rings. The van der Waals surface area contributed by atoms with Crippen LogP contribution in [0.15, 0.2) is 72.8 Å².